The summed E-state index contributed by atoms with van der Waals surface area (Å²) in [6.45, 7) is 6.00. The van der Waals surface area contributed by atoms with E-state index in [4.69, 9.17) is 4.74 Å². The van der Waals surface area contributed by atoms with Gasteiger partial charge in [0.05, 0.1) is 6.20 Å². The summed E-state index contributed by atoms with van der Waals surface area (Å²) in [6, 6.07) is 0.221. The van der Waals surface area contributed by atoms with Crippen LogP contribution in [0.1, 0.15) is 26.7 Å². The number of anilines is 1. The van der Waals surface area contributed by atoms with Crippen LogP contribution in [0.25, 0.3) is 0 Å². The Morgan fingerprint density at radius 1 is 1.50 bits per heavy atom. The third-order valence-electron chi connectivity index (χ3n) is 3.50. The van der Waals surface area contributed by atoms with Crippen molar-refractivity contribution in [2.24, 2.45) is 0 Å². The molecule has 2 rings (SSSR count). The summed E-state index contributed by atoms with van der Waals surface area (Å²) in [5.74, 6) is 0.879. The summed E-state index contributed by atoms with van der Waals surface area (Å²) in [6.07, 6.45) is 6.61. The number of hydrogen-bond acceptors (Lipinski definition) is 5. The molecule has 2 heterocycles. The minimum Gasteiger partial charge on any atom is -0.369 e. The summed E-state index contributed by atoms with van der Waals surface area (Å²) in [4.78, 5) is 22.5. The number of carbonyl (C=O) groups is 1. The number of aromatic nitrogens is 2. The smallest absolute Gasteiger partial charge is 0.249 e. The lowest BCUT2D eigenvalue weighted by molar-refractivity contribution is -0.132. The second kappa shape index (κ2) is 7.19. The molecular weight excluding hydrogens is 256 g/mol. The number of rotatable bonds is 5. The van der Waals surface area contributed by atoms with Crippen LogP contribution >= 0.6 is 0 Å². The summed E-state index contributed by atoms with van der Waals surface area (Å²) in [7, 11) is 0. The van der Waals surface area contributed by atoms with Gasteiger partial charge in [0.25, 0.3) is 0 Å². The highest BCUT2D eigenvalue weighted by atomic mass is 16.5. The predicted molar refractivity (Wildman–Crippen MR) is 76.5 cm³/mol. The van der Waals surface area contributed by atoms with Gasteiger partial charge in [-0.15, -0.1) is 0 Å². The van der Waals surface area contributed by atoms with Crippen molar-refractivity contribution in [2.45, 2.75) is 38.8 Å². The van der Waals surface area contributed by atoms with Crippen LogP contribution in [0.3, 0.4) is 0 Å². The molecule has 0 radical (unpaired) electrons. The van der Waals surface area contributed by atoms with Gasteiger partial charge in [-0.3, -0.25) is 9.78 Å². The first kappa shape index (κ1) is 14.7. The van der Waals surface area contributed by atoms with Crippen molar-refractivity contribution in [2.75, 3.05) is 24.6 Å². The molecule has 1 fully saturated rings. The Morgan fingerprint density at radius 2 is 2.25 bits per heavy atom. The third-order valence-corrected chi connectivity index (χ3v) is 3.50. The molecule has 1 N–H and O–H groups in total. The maximum Gasteiger partial charge on any atom is 0.249 e. The van der Waals surface area contributed by atoms with E-state index in [1.165, 1.54) is 0 Å². The zero-order valence-corrected chi connectivity index (χ0v) is 12.1. The molecule has 0 bridgehead atoms. The van der Waals surface area contributed by atoms with Crippen molar-refractivity contribution >= 4 is 11.7 Å². The number of nitrogens with zero attached hydrogens (tertiary/aromatic N) is 3. The zero-order valence-electron chi connectivity index (χ0n) is 12.1. The SMILES string of the molecule is CCOC(C)C(=O)NC1CCN(c2cnccn2)CC1. The Kier molecular flexibility index (Phi) is 5.29. The predicted octanol–water partition coefficient (Wildman–Crippen LogP) is 0.987. The molecule has 1 aliphatic rings. The average molecular weight is 278 g/mol. The number of ether oxygens (including phenoxy) is 1. The fourth-order valence-electron chi connectivity index (χ4n) is 2.35. The number of carbonyl (C=O) groups excluding carboxylic acids is 1. The van der Waals surface area contributed by atoms with Crippen molar-refractivity contribution in [3.63, 3.8) is 0 Å². The molecule has 110 valence electrons. The summed E-state index contributed by atoms with van der Waals surface area (Å²) in [5, 5.41) is 3.05. The maximum atomic E-state index is 11.9. The van der Waals surface area contributed by atoms with Gasteiger partial charge in [0.2, 0.25) is 5.91 Å². The Morgan fingerprint density at radius 3 is 2.85 bits per heavy atom. The Bertz CT molecular complexity index is 418. The van der Waals surface area contributed by atoms with Gasteiger partial charge < -0.3 is 15.0 Å². The molecule has 0 aromatic carbocycles. The number of amides is 1. The Labute approximate surface area is 119 Å². The van der Waals surface area contributed by atoms with Crippen molar-refractivity contribution in [1.29, 1.82) is 0 Å². The summed E-state index contributed by atoms with van der Waals surface area (Å²) in [5.41, 5.74) is 0. The van der Waals surface area contributed by atoms with Crippen LogP contribution in [0.2, 0.25) is 0 Å². The Hall–Kier alpha value is -1.69. The quantitative estimate of drug-likeness (QED) is 0.870. The van der Waals surface area contributed by atoms with E-state index in [1.54, 1.807) is 25.5 Å². The molecule has 1 amide bonds. The lowest BCUT2D eigenvalue weighted by Crippen LogP contribution is -2.47. The fourth-order valence-corrected chi connectivity index (χ4v) is 2.35. The molecule has 0 saturated carbocycles. The van der Waals surface area contributed by atoms with Crippen LogP contribution in [-0.2, 0) is 9.53 Å². The minimum absolute atomic E-state index is 0.0233. The molecule has 6 heteroatoms. The lowest BCUT2D eigenvalue weighted by atomic mass is 10.0. The first-order valence-electron chi connectivity index (χ1n) is 7.13. The molecule has 1 saturated heterocycles. The summed E-state index contributed by atoms with van der Waals surface area (Å²) < 4.78 is 5.29. The second-order valence-corrected chi connectivity index (χ2v) is 4.93. The normalized spacial score (nSPS) is 17.8. The van der Waals surface area contributed by atoms with Crippen LogP contribution in [0.5, 0.6) is 0 Å². The molecule has 0 aliphatic carbocycles. The van der Waals surface area contributed by atoms with E-state index in [1.807, 2.05) is 6.92 Å². The standard InChI is InChI=1S/C14H22N4O2/c1-3-20-11(2)14(19)17-12-4-8-18(9-5-12)13-10-15-6-7-16-13/h6-7,10-12H,3-5,8-9H2,1-2H3,(H,17,19). The van der Waals surface area contributed by atoms with E-state index >= 15 is 0 Å². The molecular formula is C14H22N4O2. The highest BCUT2D eigenvalue weighted by Gasteiger charge is 2.23. The van der Waals surface area contributed by atoms with Crippen LogP contribution in [-0.4, -0.2) is 47.7 Å². The molecule has 0 spiro atoms. The lowest BCUT2D eigenvalue weighted by Gasteiger charge is -2.33. The molecule has 1 aromatic heterocycles. The van der Waals surface area contributed by atoms with E-state index < -0.39 is 0 Å². The molecule has 1 atom stereocenters. The number of nitrogens with one attached hydrogen (secondary N) is 1. The Balaban J connectivity index is 1.78. The topological polar surface area (TPSA) is 67.3 Å². The van der Waals surface area contributed by atoms with Crippen LogP contribution in [0.4, 0.5) is 5.82 Å². The van der Waals surface area contributed by atoms with Gasteiger partial charge in [-0.25, -0.2) is 4.98 Å². The fraction of sp³-hybridized carbons (Fsp3) is 0.643. The van der Waals surface area contributed by atoms with Gasteiger partial charge >= 0.3 is 0 Å². The van der Waals surface area contributed by atoms with Gasteiger partial charge in [0.15, 0.2) is 0 Å². The molecule has 20 heavy (non-hydrogen) atoms. The molecule has 1 aromatic rings. The highest BCUT2D eigenvalue weighted by Crippen LogP contribution is 2.16. The van der Waals surface area contributed by atoms with E-state index in [0.717, 1.165) is 31.7 Å². The molecule has 6 nitrogen and oxygen atoms in total. The minimum atomic E-state index is -0.377. The van der Waals surface area contributed by atoms with E-state index in [2.05, 4.69) is 20.2 Å². The monoisotopic (exact) mass is 278 g/mol. The van der Waals surface area contributed by atoms with Crippen LogP contribution in [0.15, 0.2) is 18.6 Å². The summed E-state index contributed by atoms with van der Waals surface area (Å²) >= 11 is 0. The van der Waals surface area contributed by atoms with Crippen molar-refractivity contribution in [3.05, 3.63) is 18.6 Å². The van der Waals surface area contributed by atoms with Gasteiger partial charge in [0.1, 0.15) is 11.9 Å². The van der Waals surface area contributed by atoms with Crippen molar-refractivity contribution in [3.8, 4) is 0 Å². The second-order valence-electron chi connectivity index (χ2n) is 4.93. The first-order valence-corrected chi connectivity index (χ1v) is 7.13. The van der Waals surface area contributed by atoms with E-state index in [0.29, 0.717) is 6.61 Å². The third kappa shape index (κ3) is 3.90. The van der Waals surface area contributed by atoms with Crippen molar-refractivity contribution in [1.82, 2.24) is 15.3 Å². The highest BCUT2D eigenvalue weighted by molar-refractivity contribution is 5.80. The van der Waals surface area contributed by atoms with Gasteiger partial charge in [-0.2, -0.15) is 0 Å². The van der Waals surface area contributed by atoms with Crippen molar-refractivity contribution < 1.29 is 9.53 Å². The number of piperidine rings is 1. The van der Waals surface area contributed by atoms with E-state index in [9.17, 15) is 4.79 Å². The zero-order chi connectivity index (χ0) is 14.4. The average Bonchev–Trinajstić information content (AvgIpc) is 2.49. The largest absolute Gasteiger partial charge is 0.369 e. The van der Waals surface area contributed by atoms with E-state index in [-0.39, 0.29) is 18.1 Å². The maximum absolute atomic E-state index is 11.9. The van der Waals surface area contributed by atoms with Gasteiger partial charge in [-0.1, -0.05) is 0 Å². The van der Waals surface area contributed by atoms with Gasteiger partial charge in [0, 0.05) is 38.1 Å². The van der Waals surface area contributed by atoms with Crippen LogP contribution < -0.4 is 10.2 Å². The molecule has 1 aliphatic heterocycles. The first-order chi connectivity index (χ1) is 9.70. The van der Waals surface area contributed by atoms with Crippen LogP contribution in [0, 0.1) is 0 Å². The van der Waals surface area contributed by atoms with Gasteiger partial charge in [-0.05, 0) is 26.7 Å². The molecule has 1 unspecified atom stereocenters. The number of hydrogen-bond donors (Lipinski definition) is 1.